The largest absolute Gasteiger partial charge is 0.491 e. The maximum atomic E-state index is 12.0. The first-order valence-electron chi connectivity index (χ1n) is 6.42. The third kappa shape index (κ3) is 8.13. The lowest BCUT2D eigenvalue weighted by molar-refractivity contribution is -0.0329. The predicted molar refractivity (Wildman–Crippen MR) is 76.6 cm³/mol. The standard InChI is InChI=1S/C13H19F3N2O2S/c1-10-3-4-12(20-7-8-21-13(14,15)16)11(18-10)9-17-5-6-19-2/h3-4,17H,5-9H2,1-2H3. The van der Waals surface area contributed by atoms with E-state index in [2.05, 4.69) is 10.3 Å². The van der Waals surface area contributed by atoms with E-state index in [1.54, 1.807) is 19.2 Å². The first kappa shape index (κ1) is 18.1. The van der Waals surface area contributed by atoms with Gasteiger partial charge in [0.05, 0.1) is 18.9 Å². The molecule has 1 N–H and O–H groups in total. The topological polar surface area (TPSA) is 43.4 Å². The molecule has 0 aromatic carbocycles. The van der Waals surface area contributed by atoms with Crippen LogP contribution in [0.3, 0.4) is 0 Å². The highest BCUT2D eigenvalue weighted by Crippen LogP contribution is 2.29. The van der Waals surface area contributed by atoms with Crippen LogP contribution in [0.1, 0.15) is 11.4 Å². The highest BCUT2D eigenvalue weighted by atomic mass is 32.2. The van der Waals surface area contributed by atoms with Gasteiger partial charge in [0.25, 0.3) is 0 Å². The van der Waals surface area contributed by atoms with E-state index in [1.807, 2.05) is 6.92 Å². The Balaban J connectivity index is 2.48. The molecule has 0 saturated carbocycles. The summed E-state index contributed by atoms with van der Waals surface area (Å²) in [4.78, 5) is 4.34. The number of hydrogen-bond donors (Lipinski definition) is 1. The number of aromatic nitrogens is 1. The van der Waals surface area contributed by atoms with Crippen molar-refractivity contribution in [3.05, 3.63) is 23.5 Å². The summed E-state index contributed by atoms with van der Waals surface area (Å²) in [5, 5.41) is 3.13. The minimum absolute atomic E-state index is 0.0139. The number of alkyl halides is 3. The first-order chi connectivity index (χ1) is 9.92. The minimum atomic E-state index is -4.22. The molecule has 1 rings (SSSR count). The zero-order valence-electron chi connectivity index (χ0n) is 12.0. The molecule has 120 valence electrons. The SMILES string of the molecule is COCCNCc1nc(C)ccc1OCCSC(F)(F)F. The van der Waals surface area contributed by atoms with Crippen LogP contribution in [0.25, 0.3) is 0 Å². The molecule has 0 unspecified atom stereocenters. The number of nitrogens with one attached hydrogen (secondary N) is 1. The van der Waals surface area contributed by atoms with Crippen LogP contribution in [-0.4, -0.2) is 43.1 Å². The molecule has 0 amide bonds. The predicted octanol–water partition coefficient (Wildman–Crippen LogP) is 2.76. The van der Waals surface area contributed by atoms with Crippen molar-refractivity contribution in [1.82, 2.24) is 10.3 Å². The second-order valence-electron chi connectivity index (χ2n) is 4.21. The van der Waals surface area contributed by atoms with Crippen molar-refractivity contribution < 1.29 is 22.6 Å². The van der Waals surface area contributed by atoms with E-state index in [0.29, 0.717) is 31.1 Å². The molecule has 0 aliphatic carbocycles. The highest BCUT2D eigenvalue weighted by molar-refractivity contribution is 8.00. The molecule has 1 heterocycles. The Morgan fingerprint density at radius 1 is 1.29 bits per heavy atom. The zero-order chi connectivity index (χ0) is 15.7. The van der Waals surface area contributed by atoms with Crippen molar-refractivity contribution in [2.75, 3.05) is 32.6 Å². The third-order valence-corrected chi connectivity index (χ3v) is 3.15. The summed E-state index contributed by atoms with van der Waals surface area (Å²) >= 11 is -0.0913. The van der Waals surface area contributed by atoms with E-state index in [-0.39, 0.29) is 24.1 Å². The van der Waals surface area contributed by atoms with E-state index in [1.165, 1.54) is 0 Å². The Morgan fingerprint density at radius 2 is 2.05 bits per heavy atom. The van der Waals surface area contributed by atoms with Crippen LogP contribution in [0.2, 0.25) is 0 Å². The summed E-state index contributed by atoms with van der Waals surface area (Å²) in [6.07, 6.45) is 0. The average molecular weight is 324 g/mol. The van der Waals surface area contributed by atoms with Gasteiger partial charge in [-0.3, -0.25) is 4.98 Å². The quantitative estimate of drug-likeness (QED) is 0.708. The molecule has 0 aliphatic heterocycles. The molecule has 0 radical (unpaired) electrons. The van der Waals surface area contributed by atoms with Crippen molar-refractivity contribution in [3.63, 3.8) is 0 Å². The van der Waals surface area contributed by atoms with Crippen LogP contribution in [0.4, 0.5) is 13.2 Å². The number of thioether (sulfide) groups is 1. The normalized spacial score (nSPS) is 11.7. The fourth-order valence-corrected chi connectivity index (χ4v) is 1.94. The van der Waals surface area contributed by atoms with Gasteiger partial charge in [-0.15, -0.1) is 0 Å². The maximum absolute atomic E-state index is 12.0. The number of nitrogens with zero attached hydrogens (tertiary/aromatic N) is 1. The van der Waals surface area contributed by atoms with Crippen LogP contribution in [0.15, 0.2) is 12.1 Å². The van der Waals surface area contributed by atoms with Crippen molar-refractivity contribution in [3.8, 4) is 5.75 Å². The van der Waals surface area contributed by atoms with Gasteiger partial charge in [0.15, 0.2) is 0 Å². The number of halogens is 3. The van der Waals surface area contributed by atoms with Crippen LogP contribution in [0.5, 0.6) is 5.75 Å². The Bertz CT molecular complexity index is 430. The van der Waals surface area contributed by atoms with Gasteiger partial charge >= 0.3 is 5.51 Å². The Labute approximate surface area is 126 Å². The van der Waals surface area contributed by atoms with Crippen molar-refractivity contribution in [2.24, 2.45) is 0 Å². The zero-order valence-corrected chi connectivity index (χ0v) is 12.8. The molecule has 1 aromatic rings. The Morgan fingerprint density at radius 3 is 2.71 bits per heavy atom. The van der Waals surface area contributed by atoms with E-state index >= 15 is 0 Å². The molecule has 4 nitrogen and oxygen atoms in total. The molecule has 1 aromatic heterocycles. The fraction of sp³-hybridized carbons (Fsp3) is 0.615. The number of rotatable bonds is 9. The van der Waals surface area contributed by atoms with Gasteiger partial charge in [-0.05, 0) is 30.8 Å². The summed E-state index contributed by atoms with van der Waals surface area (Å²) < 4.78 is 46.4. The van der Waals surface area contributed by atoms with Gasteiger partial charge in [-0.2, -0.15) is 13.2 Å². The molecular weight excluding hydrogens is 305 g/mol. The molecule has 0 fully saturated rings. The fourth-order valence-electron chi connectivity index (χ4n) is 1.55. The lowest BCUT2D eigenvalue weighted by Gasteiger charge is -2.12. The lowest BCUT2D eigenvalue weighted by atomic mass is 10.3. The molecule has 0 saturated heterocycles. The van der Waals surface area contributed by atoms with Crippen LogP contribution in [-0.2, 0) is 11.3 Å². The van der Waals surface area contributed by atoms with E-state index in [4.69, 9.17) is 9.47 Å². The number of aryl methyl sites for hydroxylation is 1. The van der Waals surface area contributed by atoms with Crippen molar-refractivity contribution in [1.29, 1.82) is 0 Å². The molecular formula is C13H19F3N2O2S. The maximum Gasteiger partial charge on any atom is 0.441 e. The monoisotopic (exact) mass is 324 g/mol. The van der Waals surface area contributed by atoms with Crippen LogP contribution in [0, 0.1) is 6.92 Å². The number of pyridine rings is 1. The molecule has 0 bridgehead atoms. The van der Waals surface area contributed by atoms with Gasteiger partial charge in [-0.25, -0.2) is 0 Å². The lowest BCUT2D eigenvalue weighted by Crippen LogP contribution is -2.20. The van der Waals surface area contributed by atoms with Crippen LogP contribution >= 0.6 is 11.8 Å². The molecule has 21 heavy (non-hydrogen) atoms. The smallest absolute Gasteiger partial charge is 0.441 e. The third-order valence-electron chi connectivity index (χ3n) is 2.45. The average Bonchev–Trinajstić information content (AvgIpc) is 2.40. The van der Waals surface area contributed by atoms with Crippen LogP contribution < -0.4 is 10.1 Å². The summed E-state index contributed by atoms with van der Waals surface area (Å²) in [6.45, 7) is 3.55. The van der Waals surface area contributed by atoms with E-state index in [0.717, 1.165) is 5.69 Å². The van der Waals surface area contributed by atoms with Crippen molar-refractivity contribution >= 4 is 11.8 Å². The van der Waals surface area contributed by atoms with E-state index in [9.17, 15) is 13.2 Å². The molecule has 0 aliphatic rings. The van der Waals surface area contributed by atoms with Gasteiger partial charge in [0, 0.05) is 31.6 Å². The second-order valence-corrected chi connectivity index (χ2v) is 5.37. The Hall–Kier alpha value is -0.990. The van der Waals surface area contributed by atoms with Gasteiger partial charge in [0.2, 0.25) is 0 Å². The summed E-state index contributed by atoms with van der Waals surface area (Å²) in [5.41, 5.74) is -2.71. The number of methoxy groups -OCH3 is 1. The Kier molecular flexibility index (Phi) is 7.84. The van der Waals surface area contributed by atoms with Gasteiger partial charge in [-0.1, -0.05) is 0 Å². The number of hydrogen-bond acceptors (Lipinski definition) is 5. The number of ether oxygens (including phenoxy) is 2. The van der Waals surface area contributed by atoms with Gasteiger partial charge in [0.1, 0.15) is 5.75 Å². The summed E-state index contributed by atoms with van der Waals surface area (Å²) in [7, 11) is 1.61. The molecule has 8 heteroatoms. The minimum Gasteiger partial charge on any atom is -0.491 e. The van der Waals surface area contributed by atoms with E-state index < -0.39 is 5.51 Å². The second kappa shape index (κ2) is 9.11. The highest BCUT2D eigenvalue weighted by Gasteiger charge is 2.27. The van der Waals surface area contributed by atoms with Gasteiger partial charge < -0.3 is 14.8 Å². The first-order valence-corrected chi connectivity index (χ1v) is 7.40. The summed E-state index contributed by atoms with van der Waals surface area (Å²) in [6, 6.07) is 3.50. The van der Waals surface area contributed by atoms with Crippen molar-refractivity contribution in [2.45, 2.75) is 19.0 Å². The summed E-state index contributed by atoms with van der Waals surface area (Å²) in [5.74, 6) is 0.363. The molecule has 0 spiro atoms. The molecule has 0 atom stereocenters.